The average molecular weight is 429 g/mol. The number of nitrogens with two attached hydrogens (primary N) is 1. The zero-order valence-electron chi connectivity index (χ0n) is 7.39. The van der Waals surface area contributed by atoms with E-state index in [9.17, 15) is 4.79 Å². The topological polar surface area (TPSA) is 63.3 Å². The molecule has 1 saturated carbocycles. The standard InChI is InChI=1S/C7H10B2NO2.Rf/c8-5-2-3(10)1-4(6(5)9)7(11)12;/h1,3-6H,2,10H2,(H,11,12);/q-1;. The van der Waals surface area contributed by atoms with Gasteiger partial charge in [-0.3, -0.25) is 11.2 Å². The van der Waals surface area contributed by atoms with Crippen LogP contribution < -0.4 is 5.73 Å². The van der Waals surface area contributed by atoms with Crippen LogP contribution in [0.25, 0.3) is 0 Å². The minimum absolute atomic E-state index is 0. The van der Waals surface area contributed by atoms with E-state index in [4.69, 9.17) is 26.5 Å². The Bertz CT molecular complexity index is 193. The van der Waals surface area contributed by atoms with Crippen LogP contribution >= 0.6 is 0 Å². The Labute approximate surface area is 74.5 Å². The molecule has 4 unspecified atom stereocenters. The Hall–Kier alpha value is -1.44. The summed E-state index contributed by atoms with van der Waals surface area (Å²) in [6, 6.07) is -0.249. The third-order valence-corrected chi connectivity index (χ3v) is 2.19. The van der Waals surface area contributed by atoms with Gasteiger partial charge in [0.25, 0.3) is 5.97 Å². The molecule has 4 atom stereocenters. The molecule has 0 aromatic rings. The molecule has 0 aliphatic heterocycles. The van der Waals surface area contributed by atoms with Crippen molar-refractivity contribution in [1.82, 2.24) is 0 Å². The van der Waals surface area contributed by atoms with E-state index >= 15 is 0 Å². The van der Waals surface area contributed by atoms with Crippen LogP contribution in [0.1, 0.15) is 6.42 Å². The number of rotatable bonds is 1. The fourth-order valence-electron chi connectivity index (χ4n) is 1.46. The molecule has 0 amide bonds. The van der Waals surface area contributed by atoms with Crippen molar-refractivity contribution in [1.29, 1.82) is 0 Å². The molecule has 0 bridgehead atoms. The summed E-state index contributed by atoms with van der Waals surface area (Å²) in [6.45, 7) is 0. The predicted molar refractivity (Wildman–Crippen MR) is 47.0 cm³/mol. The summed E-state index contributed by atoms with van der Waals surface area (Å²) in [5.74, 6) is -2.48. The summed E-state index contributed by atoms with van der Waals surface area (Å²) in [5, 5.41) is 8.72. The molecule has 1 aliphatic carbocycles. The molecule has 4 radical (unpaired) electrons. The molecule has 0 aromatic carbocycles. The maximum atomic E-state index is 10.6. The number of carbonyl (C=O) groups is 1. The van der Waals surface area contributed by atoms with Crippen LogP contribution in [0.4, 0.5) is 0 Å². The molecule has 0 aromatic heterocycles. The van der Waals surface area contributed by atoms with Crippen LogP contribution in [0, 0.1) is 12.3 Å². The third kappa shape index (κ3) is 2.25. The molecule has 3 nitrogen and oxygen atoms in total. The number of carboxylic acids is 1. The summed E-state index contributed by atoms with van der Waals surface area (Å²) in [5.41, 5.74) is 5.56. The Morgan fingerprint density at radius 1 is 1.54 bits per heavy atom. The van der Waals surface area contributed by atoms with Crippen LogP contribution in [0.15, 0.2) is 0 Å². The second kappa shape index (κ2) is 3.99. The molecule has 0 heterocycles. The monoisotopic (exact) mass is 429 g/mol. The molecular formula is C7H10B2NO2Rf-. The van der Waals surface area contributed by atoms with Crippen molar-refractivity contribution >= 4 is 21.7 Å². The van der Waals surface area contributed by atoms with Crippen LogP contribution in [-0.2, 0) is 4.79 Å². The largest absolute Gasteiger partial charge is 0.483 e. The van der Waals surface area contributed by atoms with Gasteiger partial charge in [0.15, 0.2) is 0 Å². The van der Waals surface area contributed by atoms with Crippen molar-refractivity contribution in [2.45, 2.75) is 24.1 Å². The Morgan fingerprint density at radius 3 is 2.54 bits per heavy atom. The minimum Gasteiger partial charge on any atom is -0.483 e. The average Bonchev–Trinajstić information content (AvgIpc) is 1.96. The van der Waals surface area contributed by atoms with Gasteiger partial charge >= 0.3 is 0 Å². The predicted octanol–water partition coefficient (Wildman–Crippen LogP) is -0.464. The molecule has 6 heteroatoms. The SMILES string of the molecule is [B]C1CC(N)[CH-]C(C(=O)O)C1[B].[Rf]. The number of hydrogen-bond acceptors (Lipinski definition) is 2. The van der Waals surface area contributed by atoms with E-state index in [0.29, 0.717) is 6.42 Å². The second-order valence-electron chi connectivity index (χ2n) is 3.20. The van der Waals surface area contributed by atoms with Crippen LogP contribution in [0.3, 0.4) is 0 Å². The van der Waals surface area contributed by atoms with Crippen molar-refractivity contribution in [3.05, 3.63) is 6.42 Å². The van der Waals surface area contributed by atoms with Gasteiger partial charge in [0.1, 0.15) is 0 Å². The van der Waals surface area contributed by atoms with Crippen molar-refractivity contribution in [2.75, 3.05) is 0 Å². The normalized spacial score (nSPS) is 39.2. The molecule has 3 N–H and O–H groups in total. The summed E-state index contributed by atoms with van der Waals surface area (Å²) in [7, 11) is 11.2. The van der Waals surface area contributed by atoms with Crippen LogP contribution in [0.5, 0.6) is 0 Å². The first-order valence-corrected chi connectivity index (χ1v) is 3.87. The molecule has 64 valence electrons. The Morgan fingerprint density at radius 2 is 2.08 bits per heavy atom. The van der Waals surface area contributed by atoms with E-state index in [0.717, 1.165) is 0 Å². The van der Waals surface area contributed by atoms with E-state index in [1.807, 2.05) is 0 Å². The first-order valence-electron chi connectivity index (χ1n) is 3.87. The third-order valence-electron chi connectivity index (χ3n) is 2.19. The summed E-state index contributed by atoms with van der Waals surface area (Å²) >= 11 is 0. The van der Waals surface area contributed by atoms with E-state index in [1.165, 1.54) is 0 Å². The zero-order valence-corrected chi connectivity index (χ0v) is 13.8. The maximum absolute atomic E-state index is 10.6. The van der Waals surface area contributed by atoms with Crippen molar-refractivity contribution < 1.29 is 9.90 Å². The van der Waals surface area contributed by atoms with Crippen molar-refractivity contribution in [3.8, 4) is 0 Å². The van der Waals surface area contributed by atoms with Gasteiger partial charge in [0.05, 0.1) is 15.7 Å². The number of hydrogen-bond donors (Lipinski definition) is 2. The Kier molecular flexibility index (Phi) is 3.54. The molecule has 1 rings (SSSR count). The van der Waals surface area contributed by atoms with E-state index < -0.39 is 17.7 Å². The number of carboxylic acid groups (broad SMARTS) is 1. The van der Waals surface area contributed by atoms with Gasteiger partial charge in [-0.2, -0.15) is 0 Å². The summed E-state index contributed by atoms with van der Waals surface area (Å²) in [6.07, 6.45) is 2.11. The smallest absolute Gasteiger partial charge is 0.275 e. The number of aliphatic carboxylic acids is 1. The van der Waals surface area contributed by atoms with Gasteiger partial charge in [-0.25, -0.2) is 0 Å². The van der Waals surface area contributed by atoms with Gasteiger partial charge < -0.3 is 10.8 Å². The maximum Gasteiger partial charge on any atom is 0.275 e. The minimum atomic E-state index is -0.951. The van der Waals surface area contributed by atoms with E-state index in [-0.39, 0.29) is 11.9 Å². The van der Waals surface area contributed by atoms with Gasteiger partial charge in [-0.15, -0.1) is 6.04 Å². The summed E-state index contributed by atoms with van der Waals surface area (Å²) in [4.78, 5) is 10.6. The van der Waals surface area contributed by atoms with Gasteiger partial charge in [0, 0.05) is 0 Å². The molecular weight excluding hydrogens is 419 g/mol. The van der Waals surface area contributed by atoms with Crippen LogP contribution in [-0.4, -0.2) is 32.8 Å². The molecule has 13 heavy (non-hydrogen) atoms. The Balaban J connectivity index is 0.00000144. The van der Waals surface area contributed by atoms with Gasteiger partial charge in [-0.1, -0.05) is 24.0 Å². The van der Waals surface area contributed by atoms with Crippen LogP contribution in [0.2, 0.25) is 11.6 Å². The van der Waals surface area contributed by atoms with Crippen molar-refractivity contribution in [2.24, 2.45) is 11.7 Å². The van der Waals surface area contributed by atoms with Gasteiger partial charge in [-0.05, 0) is 0 Å². The summed E-state index contributed by atoms with van der Waals surface area (Å²) < 4.78 is 0. The molecule has 1 aliphatic rings. The second-order valence-corrected chi connectivity index (χ2v) is 3.20. The van der Waals surface area contributed by atoms with E-state index in [2.05, 4.69) is 0 Å². The first-order chi connectivity index (χ1) is 5.52. The zero-order chi connectivity index (χ0) is 9.30. The van der Waals surface area contributed by atoms with E-state index in [1.54, 1.807) is 6.42 Å². The quantitative estimate of drug-likeness (QED) is 0.439. The van der Waals surface area contributed by atoms with Gasteiger partial charge in [0.2, 0.25) is 0 Å². The van der Waals surface area contributed by atoms with Crippen molar-refractivity contribution in [3.63, 3.8) is 0 Å². The molecule has 0 saturated heterocycles. The molecule has 1 fully saturated rings. The fraction of sp³-hybridized carbons (Fsp3) is 0.714. The fourth-order valence-corrected chi connectivity index (χ4v) is 1.46. The molecule has 0 spiro atoms. The first kappa shape index (κ1) is 11.6.